The van der Waals surface area contributed by atoms with Crippen molar-refractivity contribution in [3.8, 4) is 0 Å². The maximum atomic E-state index is 5.76. The van der Waals surface area contributed by atoms with E-state index in [1.165, 1.54) is 25.7 Å². The van der Waals surface area contributed by atoms with E-state index in [9.17, 15) is 0 Å². The van der Waals surface area contributed by atoms with Gasteiger partial charge in [0.25, 0.3) is 0 Å². The molecule has 1 aliphatic carbocycles. The number of hydrogen-bond donors (Lipinski definition) is 0. The molecule has 0 heterocycles. The van der Waals surface area contributed by atoms with E-state index >= 15 is 0 Å². The van der Waals surface area contributed by atoms with E-state index in [0.717, 1.165) is 5.92 Å². The second kappa shape index (κ2) is 4.45. The lowest BCUT2D eigenvalue weighted by atomic mass is 9.67. The van der Waals surface area contributed by atoms with Gasteiger partial charge in [0, 0.05) is 7.11 Å². The van der Waals surface area contributed by atoms with Gasteiger partial charge in [0.2, 0.25) is 0 Å². The summed E-state index contributed by atoms with van der Waals surface area (Å²) >= 11 is 0. The number of hydrogen-bond acceptors (Lipinski definition) is 1. The zero-order valence-electron chi connectivity index (χ0n) is 11.4. The topological polar surface area (TPSA) is 9.23 Å². The summed E-state index contributed by atoms with van der Waals surface area (Å²) in [6.07, 6.45) is 5.12. The Morgan fingerprint density at radius 1 is 0.933 bits per heavy atom. The maximum absolute atomic E-state index is 5.76. The highest BCUT2D eigenvalue weighted by atomic mass is 16.5. The monoisotopic (exact) mass is 212 g/mol. The molecule has 0 bridgehead atoms. The lowest BCUT2D eigenvalue weighted by molar-refractivity contribution is -0.0677. The normalized spacial score (nSPS) is 42.0. The fraction of sp³-hybridized carbons (Fsp3) is 1.00. The van der Waals surface area contributed by atoms with Gasteiger partial charge in [-0.3, -0.25) is 0 Å². The second-order valence-electron chi connectivity index (χ2n) is 6.38. The first kappa shape index (κ1) is 13.0. The van der Waals surface area contributed by atoms with Gasteiger partial charge in [-0.2, -0.15) is 0 Å². The highest BCUT2D eigenvalue weighted by Crippen LogP contribution is 2.43. The quantitative estimate of drug-likeness (QED) is 0.631. The van der Waals surface area contributed by atoms with E-state index in [2.05, 4.69) is 34.6 Å². The van der Waals surface area contributed by atoms with Gasteiger partial charge < -0.3 is 4.74 Å². The molecule has 0 aromatic heterocycles. The van der Waals surface area contributed by atoms with E-state index < -0.39 is 0 Å². The van der Waals surface area contributed by atoms with Crippen LogP contribution in [0.3, 0.4) is 0 Å². The fourth-order valence-electron chi connectivity index (χ4n) is 2.56. The van der Waals surface area contributed by atoms with Crippen molar-refractivity contribution in [1.82, 2.24) is 0 Å². The van der Waals surface area contributed by atoms with Crippen LogP contribution in [0.5, 0.6) is 0 Å². The molecule has 15 heavy (non-hydrogen) atoms. The molecule has 0 N–H and O–H groups in total. The van der Waals surface area contributed by atoms with Crippen LogP contribution in [-0.2, 0) is 4.74 Å². The molecule has 0 aromatic rings. The van der Waals surface area contributed by atoms with E-state index in [-0.39, 0.29) is 5.60 Å². The molecule has 0 saturated heterocycles. The first-order valence-corrected chi connectivity index (χ1v) is 6.37. The first-order chi connectivity index (χ1) is 6.82. The van der Waals surface area contributed by atoms with Crippen LogP contribution in [0.25, 0.3) is 0 Å². The third kappa shape index (κ3) is 2.75. The van der Waals surface area contributed by atoms with Crippen LogP contribution in [-0.4, -0.2) is 12.7 Å². The van der Waals surface area contributed by atoms with Gasteiger partial charge in [0.05, 0.1) is 5.60 Å². The minimum Gasteiger partial charge on any atom is -0.378 e. The molecule has 0 amide bonds. The summed E-state index contributed by atoms with van der Waals surface area (Å²) in [6.45, 7) is 11.8. The highest BCUT2D eigenvalue weighted by molar-refractivity contribution is 4.89. The zero-order valence-corrected chi connectivity index (χ0v) is 11.4. The molecular weight excluding hydrogens is 184 g/mol. The predicted molar refractivity (Wildman–Crippen MR) is 66.0 cm³/mol. The van der Waals surface area contributed by atoms with Crippen LogP contribution in [0.15, 0.2) is 0 Å². The molecule has 1 heteroatoms. The third-order valence-corrected chi connectivity index (χ3v) is 5.14. The summed E-state index contributed by atoms with van der Waals surface area (Å²) in [5.41, 5.74) is 0.567. The molecule has 90 valence electrons. The molecule has 0 spiro atoms. The van der Waals surface area contributed by atoms with Gasteiger partial charge in [-0.05, 0) is 49.9 Å². The predicted octanol–water partition coefficient (Wildman–Crippen LogP) is 4.26. The van der Waals surface area contributed by atoms with E-state index in [0.29, 0.717) is 11.3 Å². The van der Waals surface area contributed by atoms with Crippen molar-refractivity contribution in [2.24, 2.45) is 17.3 Å². The van der Waals surface area contributed by atoms with Crippen LogP contribution in [0.2, 0.25) is 0 Å². The summed E-state index contributed by atoms with van der Waals surface area (Å²) in [5.74, 6) is 1.52. The van der Waals surface area contributed by atoms with Gasteiger partial charge >= 0.3 is 0 Å². The largest absolute Gasteiger partial charge is 0.378 e. The Labute approximate surface area is 95.6 Å². The molecule has 1 unspecified atom stereocenters. The van der Waals surface area contributed by atoms with Gasteiger partial charge in [0.15, 0.2) is 0 Å². The summed E-state index contributed by atoms with van der Waals surface area (Å²) in [6, 6.07) is 0. The van der Waals surface area contributed by atoms with Crippen molar-refractivity contribution >= 4 is 0 Å². The Kier molecular flexibility index (Phi) is 3.86. The Morgan fingerprint density at radius 3 is 2.00 bits per heavy atom. The van der Waals surface area contributed by atoms with Crippen LogP contribution in [0.1, 0.15) is 60.3 Å². The summed E-state index contributed by atoms with van der Waals surface area (Å²) in [7, 11) is 1.87. The van der Waals surface area contributed by atoms with Crippen molar-refractivity contribution < 1.29 is 4.74 Å². The molecule has 1 aliphatic rings. The molecule has 0 radical (unpaired) electrons. The molecule has 3 atom stereocenters. The Morgan fingerprint density at radius 2 is 1.47 bits per heavy atom. The van der Waals surface area contributed by atoms with Crippen molar-refractivity contribution in [2.75, 3.05) is 7.11 Å². The lowest BCUT2D eigenvalue weighted by Gasteiger charge is -2.43. The Balaban J connectivity index is 2.77. The van der Waals surface area contributed by atoms with Crippen molar-refractivity contribution in [1.29, 1.82) is 0 Å². The maximum Gasteiger partial charge on any atom is 0.0676 e. The van der Waals surface area contributed by atoms with Crippen LogP contribution in [0.4, 0.5) is 0 Å². The van der Waals surface area contributed by atoms with Gasteiger partial charge in [-0.1, -0.05) is 27.7 Å². The molecule has 0 aromatic carbocycles. The number of rotatable bonds is 1. The van der Waals surface area contributed by atoms with Gasteiger partial charge in [-0.25, -0.2) is 0 Å². The summed E-state index contributed by atoms with van der Waals surface area (Å²) in [5, 5.41) is 0. The summed E-state index contributed by atoms with van der Waals surface area (Å²) < 4.78 is 5.76. The smallest absolute Gasteiger partial charge is 0.0676 e. The van der Waals surface area contributed by atoms with Crippen LogP contribution < -0.4 is 0 Å². The number of ether oxygens (including phenoxy) is 1. The second-order valence-corrected chi connectivity index (χ2v) is 6.38. The highest BCUT2D eigenvalue weighted by Gasteiger charge is 2.37. The fourth-order valence-corrected chi connectivity index (χ4v) is 2.56. The van der Waals surface area contributed by atoms with Gasteiger partial charge in [-0.15, -0.1) is 0 Å². The average Bonchev–Trinajstić information content (AvgIpc) is 2.20. The van der Waals surface area contributed by atoms with Crippen molar-refractivity contribution in [3.05, 3.63) is 0 Å². The van der Waals surface area contributed by atoms with E-state index in [1.807, 2.05) is 7.11 Å². The van der Waals surface area contributed by atoms with Crippen LogP contribution in [0, 0.1) is 17.3 Å². The van der Waals surface area contributed by atoms with Crippen LogP contribution >= 0.6 is 0 Å². The summed E-state index contributed by atoms with van der Waals surface area (Å²) in [4.78, 5) is 0. The van der Waals surface area contributed by atoms with Crippen molar-refractivity contribution in [3.63, 3.8) is 0 Å². The molecule has 1 rings (SSSR count). The minimum atomic E-state index is 0.0947. The standard InChI is InChI=1S/C14H28O/c1-11-7-8-12(2)14(5,15-6)10-9-13(11,3)4/h11-12H,7-10H2,1-6H3/t11-,12?,14-/m1/s1. The van der Waals surface area contributed by atoms with E-state index in [4.69, 9.17) is 4.74 Å². The van der Waals surface area contributed by atoms with Gasteiger partial charge in [0.1, 0.15) is 0 Å². The molecule has 1 fully saturated rings. The minimum absolute atomic E-state index is 0.0947. The number of methoxy groups -OCH3 is 1. The molecule has 0 aliphatic heterocycles. The first-order valence-electron chi connectivity index (χ1n) is 6.37. The van der Waals surface area contributed by atoms with E-state index in [1.54, 1.807) is 0 Å². The molecule has 1 nitrogen and oxygen atoms in total. The Hall–Kier alpha value is -0.0400. The Bertz CT molecular complexity index is 209. The molecular formula is C14H28O. The molecule has 1 saturated carbocycles. The van der Waals surface area contributed by atoms with Crippen molar-refractivity contribution in [2.45, 2.75) is 65.9 Å². The SMILES string of the molecule is CO[C@]1(C)CCC(C)(C)[C@H](C)CCC1C. The third-order valence-electron chi connectivity index (χ3n) is 5.14. The average molecular weight is 212 g/mol. The zero-order chi connectivity index (χ0) is 11.7. The lowest BCUT2D eigenvalue weighted by Crippen LogP contribution is -2.40.